The van der Waals surface area contributed by atoms with E-state index >= 15 is 0 Å². The van der Waals surface area contributed by atoms with E-state index < -0.39 is 10.0 Å². The molecule has 3 aromatic carbocycles. The molecule has 3 rings (SSSR count). The highest BCUT2D eigenvalue weighted by Crippen LogP contribution is 2.31. The van der Waals surface area contributed by atoms with E-state index in [9.17, 15) is 8.42 Å². The van der Waals surface area contributed by atoms with Crippen molar-refractivity contribution in [2.45, 2.75) is 13.2 Å². The highest BCUT2D eigenvalue weighted by atomic mass is 32.2. The Kier molecular flexibility index (Phi) is 5.58. The lowest BCUT2D eigenvalue weighted by molar-refractivity contribution is 0.307. The van der Waals surface area contributed by atoms with Gasteiger partial charge in [0.25, 0.3) is 0 Å². The fourth-order valence-electron chi connectivity index (χ4n) is 2.59. The van der Waals surface area contributed by atoms with Gasteiger partial charge in [0, 0.05) is 0 Å². The van der Waals surface area contributed by atoms with Crippen molar-refractivity contribution in [3.63, 3.8) is 0 Å². The Labute approximate surface area is 154 Å². The predicted octanol–water partition coefficient (Wildman–Crippen LogP) is 4.03. The van der Waals surface area contributed by atoms with Crippen LogP contribution in [0.15, 0.2) is 78.9 Å². The molecular formula is C21H20NO3S. The summed E-state index contributed by atoms with van der Waals surface area (Å²) >= 11 is 0. The molecule has 0 aliphatic carbocycles. The fraction of sp³-hybridized carbons (Fsp3) is 0.143. The molecule has 5 heteroatoms. The number of hydrogen-bond acceptors (Lipinski definition) is 3. The molecule has 0 aromatic heterocycles. The molecular weight excluding hydrogens is 346 g/mol. The van der Waals surface area contributed by atoms with E-state index in [0.717, 1.165) is 11.1 Å². The number of rotatable bonds is 7. The monoisotopic (exact) mass is 366 g/mol. The fourth-order valence-corrected chi connectivity index (χ4v) is 3.47. The summed E-state index contributed by atoms with van der Waals surface area (Å²) < 4.78 is 32.1. The van der Waals surface area contributed by atoms with Crippen molar-refractivity contribution in [1.82, 2.24) is 0 Å². The summed E-state index contributed by atoms with van der Waals surface area (Å²) in [6, 6.07) is 27.3. The van der Waals surface area contributed by atoms with E-state index in [0.29, 0.717) is 18.0 Å². The number of sulfonamides is 1. The number of anilines is 1. The maximum Gasteiger partial charge on any atom is 0.232 e. The Morgan fingerprint density at radius 1 is 0.923 bits per heavy atom. The van der Waals surface area contributed by atoms with Crippen LogP contribution in [0.2, 0.25) is 0 Å². The van der Waals surface area contributed by atoms with Gasteiger partial charge in [-0.1, -0.05) is 66.7 Å². The molecule has 0 spiro atoms. The molecule has 0 amide bonds. The van der Waals surface area contributed by atoms with Gasteiger partial charge < -0.3 is 4.74 Å². The molecule has 0 aliphatic rings. The van der Waals surface area contributed by atoms with Gasteiger partial charge in [0.1, 0.15) is 12.4 Å². The molecule has 0 heterocycles. The number of ether oxygens (including phenoxy) is 1. The minimum atomic E-state index is -3.49. The molecule has 0 bridgehead atoms. The molecule has 133 valence electrons. The largest absolute Gasteiger partial charge is 0.487 e. The lowest BCUT2D eigenvalue weighted by atomic mass is 10.2. The molecule has 3 aromatic rings. The third-order valence-corrected chi connectivity index (χ3v) is 5.01. The summed E-state index contributed by atoms with van der Waals surface area (Å²) in [7, 11) is -3.49. The number of benzene rings is 3. The average molecular weight is 366 g/mol. The van der Waals surface area contributed by atoms with Crippen molar-refractivity contribution in [3.8, 4) is 5.75 Å². The van der Waals surface area contributed by atoms with Crippen molar-refractivity contribution in [1.29, 1.82) is 0 Å². The molecule has 0 saturated heterocycles. The molecule has 0 fully saturated rings. The highest BCUT2D eigenvalue weighted by molar-refractivity contribution is 7.92. The van der Waals surface area contributed by atoms with Gasteiger partial charge in [0.15, 0.2) is 0 Å². The molecule has 0 saturated carbocycles. The molecule has 0 N–H and O–H groups in total. The zero-order valence-corrected chi connectivity index (χ0v) is 15.3. The van der Waals surface area contributed by atoms with Gasteiger partial charge in [0.05, 0.1) is 18.5 Å². The van der Waals surface area contributed by atoms with Gasteiger partial charge in [0.2, 0.25) is 10.0 Å². The van der Waals surface area contributed by atoms with Gasteiger partial charge in [-0.15, -0.1) is 0 Å². The minimum absolute atomic E-state index is 0.235. The first kappa shape index (κ1) is 18.0. The van der Waals surface area contributed by atoms with Crippen LogP contribution >= 0.6 is 0 Å². The summed E-state index contributed by atoms with van der Waals surface area (Å²) in [6.45, 7) is 0.597. The van der Waals surface area contributed by atoms with Gasteiger partial charge in [-0.3, -0.25) is 4.31 Å². The lowest BCUT2D eigenvalue weighted by Gasteiger charge is -2.24. The van der Waals surface area contributed by atoms with Crippen LogP contribution in [-0.2, 0) is 23.2 Å². The smallest absolute Gasteiger partial charge is 0.232 e. The van der Waals surface area contributed by atoms with Crippen molar-refractivity contribution in [3.05, 3.63) is 96.1 Å². The zero-order chi connectivity index (χ0) is 18.4. The van der Waals surface area contributed by atoms with Crippen LogP contribution in [0.3, 0.4) is 0 Å². The van der Waals surface area contributed by atoms with E-state index in [-0.39, 0.29) is 6.54 Å². The standard InChI is InChI=1S/C21H20NO3S/c1-26(23,24)22(16-18-10-4-2-5-11-18)20-14-8-9-15-21(20)25-17-19-12-6-3-7-13-19/h2-7,9-15H,16-17H2,1H3. The Bertz CT molecular complexity index is 941. The second-order valence-electron chi connectivity index (χ2n) is 5.92. The molecule has 26 heavy (non-hydrogen) atoms. The SMILES string of the molecule is CS(=O)(=O)N(Cc1ccccc1)c1c[c]ccc1OCc1ccccc1. The van der Waals surface area contributed by atoms with Crippen molar-refractivity contribution < 1.29 is 13.2 Å². The van der Waals surface area contributed by atoms with Crippen LogP contribution in [0.25, 0.3) is 0 Å². The van der Waals surface area contributed by atoms with Crippen molar-refractivity contribution in [2.75, 3.05) is 10.6 Å². The van der Waals surface area contributed by atoms with Gasteiger partial charge in [-0.25, -0.2) is 8.42 Å². The normalized spacial score (nSPS) is 11.1. The Morgan fingerprint density at radius 2 is 1.54 bits per heavy atom. The van der Waals surface area contributed by atoms with E-state index in [2.05, 4.69) is 6.07 Å². The Hall–Kier alpha value is -2.79. The van der Waals surface area contributed by atoms with Crippen LogP contribution in [0, 0.1) is 6.07 Å². The van der Waals surface area contributed by atoms with Crippen LogP contribution in [0.4, 0.5) is 5.69 Å². The highest BCUT2D eigenvalue weighted by Gasteiger charge is 2.21. The van der Waals surface area contributed by atoms with Crippen LogP contribution in [0.1, 0.15) is 11.1 Å². The second-order valence-corrected chi connectivity index (χ2v) is 7.83. The second kappa shape index (κ2) is 8.06. The minimum Gasteiger partial charge on any atom is -0.487 e. The first-order valence-corrected chi connectivity index (χ1v) is 10.1. The maximum atomic E-state index is 12.4. The predicted molar refractivity (Wildman–Crippen MR) is 104 cm³/mol. The summed E-state index contributed by atoms with van der Waals surface area (Å²) in [4.78, 5) is 0. The topological polar surface area (TPSA) is 46.6 Å². The first-order valence-electron chi connectivity index (χ1n) is 8.22. The van der Waals surface area contributed by atoms with Crippen molar-refractivity contribution in [2.24, 2.45) is 0 Å². The van der Waals surface area contributed by atoms with E-state index in [1.807, 2.05) is 60.7 Å². The average Bonchev–Trinajstić information content (AvgIpc) is 2.66. The van der Waals surface area contributed by atoms with Gasteiger partial charge in [-0.05, 0) is 29.3 Å². The third kappa shape index (κ3) is 4.64. The molecule has 0 atom stereocenters. The zero-order valence-electron chi connectivity index (χ0n) is 14.5. The molecule has 0 aliphatic heterocycles. The van der Waals surface area contributed by atoms with Crippen LogP contribution < -0.4 is 9.04 Å². The Morgan fingerprint density at radius 3 is 2.15 bits per heavy atom. The maximum absolute atomic E-state index is 12.4. The summed E-state index contributed by atoms with van der Waals surface area (Å²) in [5, 5.41) is 0. The first-order chi connectivity index (χ1) is 12.5. The number of hydrogen-bond donors (Lipinski definition) is 0. The van der Waals surface area contributed by atoms with Gasteiger partial charge >= 0.3 is 0 Å². The molecule has 4 nitrogen and oxygen atoms in total. The van der Waals surface area contributed by atoms with E-state index in [1.54, 1.807) is 18.2 Å². The third-order valence-electron chi connectivity index (χ3n) is 3.88. The van der Waals surface area contributed by atoms with E-state index in [1.165, 1.54) is 10.6 Å². The quantitative estimate of drug-likeness (QED) is 0.634. The van der Waals surface area contributed by atoms with Crippen LogP contribution in [0.5, 0.6) is 5.75 Å². The summed E-state index contributed by atoms with van der Waals surface area (Å²) in [5.74, 6) is 0.508. The van der Waals surface area contributed by atoms with E-state index in [4.69, 9.17) is 4.74 Å². The van der Waals surface area contributed by atoms with Crippen molar-refractivity contribution >= 4 is 15.7 Å². The summed E-state index contributed by atoms with van der Waals surface area (Å²) in [6.07, 6.45) is 1.20. The molecule has 1 radical (unpaired) electrons. The van der Waals surface area contributed by atoms with Gasteiger partial charge in [-0.2, -0.15) is 0 Å². The lowest BCUT2D eigenvalue weighted by Crippen LogP contribution is -2.29. The number of nitrogens with zero attached hydrogens (tertiary/aromatic N) is 1. The Balaban J connectivity index is 1.89. The summed E-state index contributed by atoms with van der Waals surface area (Å²) in [5.41, 5.74) is 2.39. The molecule has 0 unspecified atom stereocenters. The van der Waals surface area contributed by atoms with Crippen LogP contribution in [-0.4, -0.2) is 14.7 Å².